The Bertz CT molecular complexity index is 675. The number of thioether (sulfide) groups is 1. The minimum Gasteiger partial charge on any atom is -0.289 e. The van der Waals surface area contributed by atoms with E-state index in [0.29, 0.717) is 5.02 Å². The quantitative estimate of drug-likeness (QED) is 0.725. The molecule has 1 atom stereocenters. The lowest BCUT2D eigenvalue weighted by Crippen LogP contribution is -2.10. The highest BCUT2D eigenvalue weighted by Gasteiger charge is 2.25. The highest BCUT2D eigenvalue weighted by Crippen LogP contribution is 2.43. The molecule has 0 radical (unpaired) electrons. The summed E-state index contributed by atoms with van der Waals surface area (Å²) in [4.78, 5) is 12.4. The summed E-state index contributed by atoms with van der Waals surface area (Å²) in [5, 5.41) is 1.45. The number of benzene rings is 1. The summed E-state index contributed by atoms with van der Waals surface area (Å²) in [6.45, 7) is 3.81. The lowest BCUT2D eigenvalue weighted by atomic mass is 10.0. The molecule has 0 bridgehead atoms. The summed E-state index contributed by atoms with van der Waals surface area (Å²) in [7, 11) is 0. The molecule has 1 aromatic heterocycles. The van der Waals surface area contributed by atoms with Gasteiger partial charge in [-0.05, 0) is 18.2 Å². The maximum atomic E-state index is 12.4. The first-order chi connectivity index (χ1) is 8.20. The Morgan fingerprint density at radius 2 is 2.29 bits per heavy atom. The highest BCUT2D eigenvalue weighted by atomic mass is 35.5. The van der Waals surface area contributed by atoms with Crippen LogP contribution < -0.4 is 5.43 Å². The summed E-state index contributed by atoms with van der Waals surface area (Å²) >= 11 is 9.35. The molecule has 0 N–H and O–H groups in total. The molecule has 0 aliphatic carbocycles. The largest absolute Gasteiger partial charge is 0.289 e. The van der Waals surface area contributed by atoms with Crippen LogP contribution in [0.1, 0.15) is 11.5 Å². The van der Waals surface area contributed by atoms with Crippen molar-refractivity contribution in [3.8, 4) is 0 Å². The van der Waals surface area contributed by atoms with Crippen molar-refractivity contribution in [3.63, 3.8) is 0 Å². The second-order valence-electron chi connectivity index (χ2n) is 3.93. The van der Waals surface area contributed by atoms with Crippen LogP contribution in [0.2, 0.25) is 5.02 Å². The third-order valence-electron chi connectivity index (χ3n) is 2.90. The number of hydrogen-bond donors (Lipinski definition) is 0. The van der Waals surface area contributed by atoms with Crippen molar-refractivity contribution in [1.29, 1.82) is 0 Å². The number of hydrogen-bond acceptors (Lipinski definition) is 3. The van der Waals surface area contributed by atoms with Gasteiger partial charge in [0.25, 0.3) is 0 Å². The molecule has 17 heavy (non-hydrogen) atoms. The first-order valence-electron chi connectivity index (χ1n) is 5.22. The first kappa shape index (κ1) is 11.3. The van der Waals surface area contributed by atoms with E-state index in [1.165, 1.54) is 0 Å². The molecular weight excluding hydrogens is 272 g/mol. The summed E-state index contributed by atoms with van der Waals surface area (Å²) in [5.74, 6) is 1.12. The highest BCUT2D eigenvalue weighted by molar-refractivity contribution is 8.01. The Morgan fingerprint density at radius 3 is 3.06 bits per heavy atom. The van der Waals surface area contributed by atoms with E-state index in [1.54, 1.807) is 29.2 Å². The van der Waals surface area contributed by atoms with Crippen molar-refractivity contribution in [2.75, 3.05) is 5.75 Å². The molecule has 1 aliphatic rings. The fraction of sp³-hybridized carbons (Fsp3) is 0.154. The topological polar surface area (TPSA) is 17.1 Å². The Labute approximate surface area is 112 Å². The van der Waals surface area contributed by atoms with Crippen LogP contribution in [0.3, 0.4) is 0 Å². The van der Waals surface area contributed by atoms with Gasteiger partial charge in [0.2, 0.25) is 0 Å². The smallest absolute Gasteiger partial charge is 0.193 e. The van der Waals surface area contributed by atoms with Gasteiger partial charge in [-0.3, -0.25) is 4.79 Å². The van der Waals surface area contributed by atoms with Crippen LogP contribution in [0.25, 0.3) is 10.1 Å². The third kappa shape index (κ3) is 1.73. The normalized spacial score (nSPS) is 18.3. The molecule has 1 aliphatic heterocycles. The predicted octanol–water partition coefficient (Wildman–Crippen LogP) is 4.29. The van der Waals surface area contributed by atoms with Crippen molar-refractivity contribution in [2.24, 2.45) is 0 Å². The molecule has 0 saturated heterocycles. The zero-order valence-corrected chi connectivity index (χ0v) is 11.3. The van der Waals surface area contributed by atoms with E-state index in [1.807, 2.05) is 18.2 Å². The zero-order valence-electron chi connectivity index (χ0n) is 8.90. The SMILES string of the molecule is C=CC1CSc2sc3cc(Cl)ccc3c(=O)c21. The molecule has 1 nitrogen and oxygen atoms in total. The van der Waals surface area contributed by atoms with Crippen LogP contribution in [-0.2, 0) is 0 Å². The molecule has 86 valence electrons. The summed E-state index contributed by atoms with van der Waals surface area (Å²) in [5.41, 5.74) is 1.06. The zero-order chi connectivity index (χ0) is 12.0. The minimum atomic E-state index is 0.139. The molecule has 2 heterocycles. The van der Waals surface area contributed by atoms with Gasteiger partial charge in [-0.1, -0.05) is 17.7 Å². The maximum absolute atomic E-state index is 12.4. The Hall–Kier alpha value is -0.770. The van der Waals surface area contributed by atoms with Gasteiger partial charge in [0.05, 0.1) is 4.21 Å². The third-order valence-corrected chi connectivity index (χ3v) is 5.71. The molecule has 1 aromatic carbocycles. The summed E-state index contributed by atoms with van der Waals surface area (Å²) < 4.78 is 2.09. The van der Waals surface area contributed by atoms with Crippen LogP contribution in [0.4, 0.5) is 0 Å². The van der Waals surface area contributed by atoms with Crippen molar-refractivity contribution in [3.05, 3.63) is 51.7 Å². The maximum Gasteiger partial charge on any atom is 0.193 e. The van der Waals surface area contributed by atoms with Gasteiger partial charge in [-0.2, -0.15) is 0 Å². The number of allylic oxidation sites excluding steroid dienone is 1. The predicted molar refractivity (Wildman–Crippen MR) is 76.8 cm³/mol. The second kappa shape index (κ2) is 4.16. The standard InChI is InChI=1S/C13H9ClOS2/c1-2-7-6-16-13-11(7)12(15)9-4-3-8(14)5-10(9)17-13/h2-5,7H,1,6H2. The minimum absolute atomic E-state index is 0.139. The molecule has 2 aromatic rings. The van der Waals surface area contributed by atoms with Crippen LogP contribution in [0, 0.1) is 0 Å². The lowest BCUT2D eigenvalue weighted by Gasteiger charge is -2.04. The molecule has 0 spiro atoms. The Balaban J connectivity index is 2.39. The number of halogens is 1. The van der Waals surface area contributed by atoms with E-state index in [-0.39, 0.29) is 11.3 Å². The average molecular weight is 281 g/mol. The first-order valence-corrected chi connectivity index (χ1v) is 7.40. The van der Waals surface area contributed by atoms with Gasteiger partial charge in [0.1, 0.15) is 0 Å². The molecule has 4 heteroatoms. The average Bonchev–Trinajstić information content (AvgIpc) is 2.72. The fourth-order valence-electron chi connectivity index (χ4n) is 2.02. The van der Waals surface area contributed by atoms with E-state index in [2.05, 4.69) is 6.58 Å². The van der Waals surface area contributed by atoms with Gasteiger partial charge >= 0.3 is 0 Å². The fourth-order valence-corrected chi connectivity index (χ4v) is 5.01. The van der Waals surface area contributed by atoms with E-state index in [9.17, 15) is 4.79 Å². The van der Waals surface area contributed by atoms with Crippen LogP contribution in [-0.4, -0.2) is 5.75 Å². The van der Waals surface area contributed by atoms with Gasteiger partial charge in [-0.25, -0.2) is 0 Å². The van der Waals surface area contributed by atoms with E-state index >= 15 is 0 Å². The van der Waals surface area contributed by atoms with E-state index < -0.39 is 0 Å². The van der Waals surface area contributed by atoms with Gasteiger partial charge in [0, 0.05) is 32.3 Å². The van der Waals surface area contributed by atoms with Crippen LogP contribution in [0.15, 0.2) is 39.9 Å². The van der Waals surface area contributed by atoms with Gasteiger partial charge in [0.15, 0.2) is 5.43 Å². The Morgan fingerprint density at radius 1 is 1.47 bits per heavy atom. The van der Waals surface area contributed by atoms with Crippen LogP contribution in [0.5, 0.6) is 0 Å². The molecule has 1 unspecified atom stereocenters. The number of fused-ring (bicyclic) bond motifs is 2. The van der Waals surface area contributed by atoms with Crippen molar-refractivity contribution in [1.82, 2.24) is 0 Å². The van der Waals surface area contributed by atoms with Gasteiger partial charge < -0.3 is 0 Å². The van der Waals surface area contributed by atoms with Crippen molar-refractivity contribution >= 4 is 44.8 Å². The van der Waals surface area contributed by atoms with E-state index in [0.717, 1.165) is 25.6 Å². The van der Waals surface area contributed by atoms with Crippen LogP contribution >= 0.6 is 34.7 Å². The number of rotatable bonds is 1. The molecule has 0 fully saturated rings. The molecule has 0 amide bonds. The van der Waals surface area contributed by atoms with E-state index in [4.69, 9.17) is 11.6 Å². The monoisotopic (exact) mass is 280 g/mol. The van der Waals surface area contributed by atoms with Crippen molar-refractivity contribution < 1.29 is 0 Å². The second-order valence-corrected chi connectivity index (χ2v) is 6.70. The lowest BCUT2D eigenvalue weighted by molar-refractivity contribution is 0.986. The summed E-state index contributed by atoms with van der Waals surface area (Å²) in [6, 6.07) is 5.46. The van der Waals surface area contributed by atoms with Gasteiger partial charge in [-0.15, -0.1) is 29.7 Å². The Kier molecular flexibility index (Phi) is 2.77. The molecular formula is C13H9ClOS2. The molecule has 0 saturated carbocycles. The molecule has 3 rings (SSSR count). The van der Waals surface area contributed by atoms with Crippen molar-refractivity contribution in [2.45, 2.75) is 10.1 Å². The summed E-state index contributed by atoms with van der Waals surface area (Å²) in [6.07, 6.45) is 1.87.